The van der Waals surface area contributed by atoms with Gasteiger partial charge in [0.25, 0.3) is 0 Å². The average molecular weight is 290 g/mol. The Kier molecular flexibility index (Phi) is 3.96. The molecule has 0 bridgehead atoms. The summed E-state index contributed by atoms with van der Waals surface area (Å²) in [7, 11) is 1.63. The molecular weight excluding hydrogens is 272 g/mol. The van der Waals surface area contributed by atoms with Gasteiger partial charge in [-0.1, -0.05) is 5.16 Å². The van der Waals surface area contributed by atoms with E-state index in [0.29, 0.717) is 37.8 Å². The molecule has 0 atom stereocenters. The zero-order valence-corrected chi connectivity index (χ0v) is 12.1. The summed E-state index contributed by atoms with van der Waals surface area (Å²) >= 11 is 0. The van der Waals surface area contributed by atoms with Crippen LogP contribution in [0.5, 0.6) is 17.2 Å². The van der Waals surface area contributed by atoms with E-state index in [2.05, 4.69) is 10.5 Å². The molecule has 6 heteroatoms. The molecule has 0 radical (unpaired) electrons. The third-order valence-electron chi connectivity index (χ3n) is 3.19. The summed E-state index contributed by atoms with van der Waals surface area (Å²) in [6.07, 6.45) is 0. The molecule has 0 saturated heterocycles. The fraction of sp³-hybridized carbons (Fsp3) is 0.400. The third-order valence-corrected chi connectivity index (χ3v) is 3.19. The van der Waals surface area contributed by atoms with E-state index in [1.54, 1.807) is 7.11 Å². The van der Waals surface area contributed by atoms with Gasteiger partial charge in [-0.15, -0.1) is 0 Å². The van der Waals surface area contributed by atoms with Crippen LogP contribution in [0.4, 0.5) is 0 Å². The number of aryl methyl sites for hydroxylation is 1. The molecule has 1 aliphatic heterocycles. The first-order chi connectivity index (χ1) is 10.3. The van der Waals surface area contributed by atoms with E-state index in [4.69, 9.17) is 18.7 Å². The lowest BCUT2D eigenvalue weighted by atomic mass is 10.1. The molecule has 0 fully saturated rings. The van der Waals surface area contributed by atoms with Crippen molar-refractivity contribution >= 4 is 0 Å². The van der Waals surface area contributed by atoms with Gasteiger partial charge in [-0.3, -0.25) is 0 Å². The van der Waals surface area contributed by atoms with Crippen LogP contribution in [0.3, 0.4) is 0 Å². The molecule has 0 spiro atoms. The lowest BCUT2D eigenvalue weighted by Gasteiger charge is -2.21. The van der Waals surface area contributed by atoms with Gasteiger partial charge in [-0.25, -0.2) is 0 Å². The van der Waals surface area contributed by atoms with E-state index in [0.717, 1.165) is 22.8 Å². The van der Waals surface area contributed by atoms with Crippen molar-refractivity contribution in [1.82, 2.24) is 10.5 Å². The van der Waals surface area contributed by atoms with Crippen LogP contribution in [0, 0.1) is 6.92 Å². The molecule has 6 nitrogen and oxygen atoms in total. The van der Waals surface area contributed by atoms with Crippen molar-refractivity contribution in [2.45, 2.75) is 20.0 Å². The normalized spacial score (nSPS) is 13.2. The number of ether oxygens (including phenoxy) is 3. The summed E-state index contributed by atoms with van der Waals surface area (Å²) in [5, 5.41) is 7.16. The number of hydrogen-bond acceptors (Lipinski definition) is 6. The van der Waals surface area contributed by atoms with Crippen LogP contribution < -0.4 is 19.5 Å². The Morgan fingerprint density at radius 1 is 1.19 bits per heavy atom. The van der Waals surface area contributed by atoms with Crippen molar-refractivity contribution in [3.05, 3.63) is 35.2 Å². The van der Waals surface area contributed by atoms with Crippen LogP contribution in [0.1, 0.15) is 17.0 Å². The molecule has 1 N–H and O–H groups in total. The van der Waals surface area contributed by atoms with Crippen molar-refractivity contribution in [2.24, 2.45) is 0 Å². The van der Waals surface area contributed by atoms with Gasteiger partial charge in [0.15, 0.2) is 17.3 Å². The monoisotopic (exact) mass is 290 g/mol. The maximum absolute atomic E-state index is 5.61. The molecule has 0 amide bonds. The maximum atomic E-state index is 5.61. The fourth-order valence-electron chi connectivity index (χ4n) is 2.26. The smallest absolute Gasteiger partial charge is 0.203 e. The maximum Gasteiger partial charge on any atom is 0.203 e. The summed E-state index contributed by atoms with van der Waals surface area (Å²) in [5.74, 6) is 2.92. The van der Waals surface area contributed by atoms with Crippen LogP contribution in [0.25, 0.3) is 0 Å². The third kappa shape index (κ3) is 3.11. The lowest BCUT2D eigenvalue weighted by molar-refractivity contribution is 0.165. The Hall–Kier alpha value is -2.21. The molecular formula is C15H18N2O4. The van der Waals surface area contributed by atoms with Crippen LogP contribution in [0.2, 0.25) is 0 Å². The van der Waals surface area contributed by atoms with Gasteiger partial charge < -0.3 is 24.1 Å². The minimum Gasteiger partial charge on any atom is -0.493 e. The molecule has 1 aromatic carbocycles. The quantitative estimate of drug-likeness (QED) is 0.909. The molecule has 2 heterocycles. The first-order valence-corrected chi connectivity index (χ1v) is 6.85. The molecule has 0 unspecified atom stereocenters. The van der Waals surface area contributed by atoms with E-state index in [9.17, 15) is 0 Å². The van der Waals surface area contributed by atoms with E-state index in [1.807, 2.05) is 25.1 Å². The highest BCUT2D eigenvalue weighted by Gasteiger charge is 2.18. The minimum atomic E-state index is 0.547. The second kappa shape index (κ2) is 6.05. The Balaban J connectivity index is 1.67. The minimum absolute atomic E-state index is 0.547. The van der Waals surface area contributed by atoms with Crippen molar-refractivity contribution in [3.8, 4) is 17.2 Å². The zero-order valence-electron chi connectivity index (χ0n) is 12.1. The number of rotatable bonds is 5. The number of methoxy groups -OCH3 is 1. The van der Waals surface area contributed by atoms with Crippen molar-refractivity contribution in [3.63, 3.8) is 0 Å². The van der Waals surface area contributed by atoms with Crippen molar-refractivity contribution in [2.75, 3.05) is 20.3 Å². The molecule has 1 aromatic heterocycles. The number of nitrogens with zero attached hydrogens (tertiary/aromatic N) is 1. The van der Waals surface area contributed by atoms with Crippen LogP contribution in [-0.2, 0) is 13.1 Å². The van der Waals surface area contributed by atoms with Gasteiger partial charge >= 0.3 is 0 Å². The predicted octanol–water partition coefficient (Wildman–Crippen LogP) is 2.05. The van der Waals surface area contributed by atoms with E-state index < -0.39 is 0 Å². The highest BCUT2D eigenvalue weighted by Crippen LogP contribution is 2.40. The van der Waals surface area contributed by atoms with Gasteiger partial charge in [0.1, 0.15) is 13.2 Å². The Bertz CT molecular complexity index is 607. The number of nitrogens with one attached hydrogen (secondary N) is 1. The number of hydrogen-bond donors (Lipinski definition) is 1. The molecule has 1 aliphatic rings. The SMILES string of the molecule is COc1cc(CNCc2cc(C)no2)cc2c1OCCO2. The predicted molar refractivity (Wildman–Crippen MR) is 75.8 cm³/mol. The van der Waals surface area contributed by atoms with Crippen molar-refractivity contribution < 1.29 is 18.7 Å². The molecule has 0 aliphatic carbocycles. The Morgan fingerprint density at radius 3 is 2.81 bits per heavy atom. The van der Waals surface area contributed by atoms with Gasteiger partial charge in [-0.05, 0) is 24.6 Å². The van der Waals surface area contributed by atoms with Gasteiger partial charge in [0.2, 0.25) is 5.75 Å². The van der Waals surface area contributed by atoms with Gasteiger partial charge in [-0.2, -0.15) is 0 Å². The highest BCUT2D eigenvalue weighted by atomic mass is 16.6. The van der Waals surface area contributed by atoms with E-state index >= 15 is 0 Å². The summed E-state index contributed by atoms with van der Waals surface area (Å²) in [6.45, 7) is 4.30. The molecule has 0 saturated carbocycles. The Morgan fingerprint density at radius 2 is 2.05 bits per heavy atom. The van der Waals surface area contributed by atoms with Gasteiger partial charge in [0.05, 0.1) is 19.3 Å². The van der Waals surface area contributed by atoms with Crippen LogP contribution >= 0.6 is 0 Å². The first-order valence-electron chi connectivity index (χ1n) is 6.85. The van der Waals surface area contributed by atoms with E-state index in [1.165, 1.54) is 0 Å². The molecule has 21 heavy (non-hydrogen) atoms. The topological polar surface area (TPSA) is 65.8 Å². The average Bonchev–Trinajstić information content (AvgIpc) is 2.92. The fourth-order valence-corrected chi connectivity index (χ4v) is 2.26. The molecule has 2 aromatic rings. The lowest BCUT2D eigenvalue weighted by Crippen LogP contribution is -2.17. The summed E-state index contributed by atoms with van der Waals surface area (Å²) < 4.78 is 21.7. The zero-order chi connectivity index (χ0) is 14.7. The number of aromatic nitrogens is 1. The largest absolute Gasteiger partial charge is 0.493 e. The number of benzene rings is 1. The Labute approximate surface area is 123 Å². The highest BCUT2D eigenvalue weighted by molar-refractivity contribution is 5.54. The standard InChI is InChI=1S/C15H18N2O4/c1-10-5-12(21-17-10)9-16-8-11-6-13(18-2)15-14(7-11)19-3-4-20-15/h5-7,16H,3-4,8-9H2,1-2H3. The summed E-state index contributed by atoms with van der Waals surface area (Å²) in [5.41, 5.74) is 1.94. The summed E-state index contributed by atoms with van der Waals surface area (Å²) in [4.78, 5) is 0. The molecule has 112 valence electrons. The number of fused-ring (bicyclic) bond motifs is 1. The second-order valence-electron chi connectivity index (χ2n) is 4.86. The van der Waals surface area contributed by atoms with Gasteiger partial charge in [0, 0.05) is 12.6 Å². The second-order valence-corrected chi connectivity index (χ2v) is 4.86. The van der Waals surface area contributed by atoms with Crippen molar-refractivity contribution in [1.29, 1.82) is 0 Å². The first kappa shape index (κ1) is 13.8. The summed E-state index contributed by atoms with van der Waals surface area (Å²) in [6, 6.07) is 5.83. The van der Waals surface area contributed by atoms with Crippen LogP contribution in [0.15, 0.2) is 22.7 Å². The van der Waals surface area contributed by atoms with Crippen LogP contribution in [-0.4, -0.2) is 25.5 Å². The van der Waals surface area contributed by atoms with E-state index in [-0.39, 0.29) is 0 Å². The molecule has 3 rings (SSSR count).